The van der Waals surface area contributed by atoms with Crippen molar-refractivity contribution in [3.63, 3.8) is 0 Å². The number of nitrogens with zero attached hydrogens (tertiary/aromatic N) is 2. The molecule has 0 radical (unpaired) electrons. The summed E-state index contributed by atoms with van der Waals surface area (Å²) in [6.45, 7) is 6.68. The summed E-state index contributed by atoms with van der Waals surface area (Å²) in [6.07, 6.45) is 1.06. The molecule has 0 heterocycles. The van der Waals surface area contributed by atoms with Gasteiger partial charge in [0.1, 0.15) is 12.6 Å². The van der Waals surface area contributed by atoms with Crippen molar-refractivity contribution in [2.45, 2.75) is 46.3 Å². The summed E-state index contributed by atoms with van der Waals surface area (Å²) in [7, 11) is -3.76. The number of nitrogens with one attached hydrogen (secondary N) is 1. The third-order valence-corrected chi connectivity index (χ3v) is 6.46. The average Bonchev–Trinajstić information content (AvgIpc) is 2.70. The number of hydrogen-bond donors (Lipinski definition) is 1. The largest absolute Gasteiger partial charge is 0.352 e. The van der Waals surface area contributed by atoms with Gasteiger partial charge in [0, 0.05) is 17.6 Å². The maximum atomic E-state index is 13.4. The van der Waals surface area contributed by atoms with Gasteiger partial charge >= 0.3 is 0 Å². The fourth-order valence-electron chi connectivity index (χ4n) is 3.24. The highest BCUT2D eigenvalue weighted by Crippen LogP contribution is 2.23. The van der Waals surface area contributed by atoms with Gasteiger partial charge in [0.25, 0.3) is 0 Å². The number of carbonyl (C=O) groups excluding carboxylic acids is 2. The quantitative estimate of drug-likeness (QED) is 0.597. The third-order valence-electron chi connectivity index (χ3n) is 4.96. The molecule has 2 amide bonds. The number of hydrogen-bond acceptors (Lipinski definition) is 4. The Morgan fingerprint density at radius 1 is 1.03 bits per heavy atom. The second-order valence-electron chi connectivity index (χ2n) is 8.01. The lowest BCUT2D eigenvalue weighted by molar-refractivity contribution is -0.139. The van der Waals surface area contributed by atoms with Crippen LogP contribution in [0.3, 0.4) is 0 Å². The van der Waals surface area contributed by atoms with Crippen molar-refractivity contribution in [1.29, 1.82) is 0 Å². The zero-order chi connectivity index (χ0) is 24.1. The van der Waals surface area contributed by atoms with Crippen LogP contribution >= 0.6 is 11.6 Å². The first kappa shape index (κ1) is 25.7. The lowest BCUT2D eigenvalue weighted by Crippen LogP contribution is -2.52. The number of para-hydroxylation sites is 1. The number of carbonyl (C=O) groups is 2. The zero-order valence-corrected chi connectivity index (χ0v) is 20.6. The van der Waals surface area contributed by atoms with Crippen LogP contribution in [0.2, 0.25) is 5.02 Å². The molecule has 0 aliphatic rings. The molecule has 0 aliphatic carbocycles. The standard InChI is InChI=1S/C23H30ClN3O4S/c1-16(2)25-23(29)18(4)26(14-19-11-7-8-12-20(19)24)22(28)15-27(32(5,30)31)21-13-9-6-10-17(21)3/h6-13,16,18H,14-15H2,1-5H3,(H,25,29)/t18-/m0/s1. The lowest BCUT2D eigenvalue weighted by Gasteiger charge is -2.32. The number of anilines is 1. The summed E-state index contributed by atoms with van der Waals surface area (Å²) in [6, 6.07) is 13.0. The molecule has 0 bridgehead atoms. The van der Waals surface area contributed by atoms with E-state index in [-0.39, 0.29) is 18.5 Å². The summed E-state index contributed by atoms with van der Waals surface area (Å²) in [5, 5.41) is 3.26. The SMILES string of the molecule is Cc1ccccc1N(CC(=O)N(Cc1ccccc1Cl)[C@@H](C)C(=O)NC(C)C)S(C)(=O)=O. The molecule has 1 atom stereocenters. The highest BCUT2D eigenvalue weighted by Gasteiger charge is 2.31. The molecule has 9 heteroatoms. The molecule has 1 N–H and O–H groups in total. The van der Waals surface area contributed by atoms with Gasteiger partial charge < -0.3 is 10.2 Å². The van der Waals surface area contributed by atoms with E-state index >= 15 is 0 Å². The van der Waals surface area contributed by atoms with Crippen LogP contribution in [0.15, 0.2) is 48.5 Å². The van der Waals surface area contributed by atoms with E-state index in [4.69, 9.17) is 11.6 Å². The van der Waals surface area contributed by atoms with Gasteiger partial charge in [0.2, 0.25) is 21.8 Å². The van der Waals surface area contributed by atoms with E-state index in [1.165, 1.54) is 4.90 Å². The van der Waals surface area contributed by atoms with Gasteiger partial charge in [-0.1, -0.05) is 48.0 Å². The van der Waals surface area contributed by atoms with E-state index in [2.05, 4.69) is 5.32 Å². The smallest absolute Gasteiger partial charge is 0.244 e. The monoisotopic (exact) mass is 479 g/mol. The Morgan fingerprint density at radius 2 is 1.62 bits per heavy atom. The highest BCUT2D eigenvalue weighted by molar-refractivity contribution is 7.92. The second-order valence-corrected chi connectivity index (χ2v) is 10.3. The summed E-state index contributed by atoms with van der Waals surface area (Å²) in [5.74, 6) is -0.841. The molecule has 0 spiro atoms. The summed E-state index contributed by atoms with van der Waals surface area (Å²) >= 11 is 6.29. The molecule has 0 aromatic heterocycles. The molecular formula is C23H30ClN3O4S. The van der Waals surface area contributed by atoms with Crippen molar-refractivity contribution in [2.24, 2.45) is 0 Å². The average molecular weight is 480 g/mol. The molecule has 32 heavy (non-hydrogen) atoms. The van der Waals surface area contributed by atoms with Crippen LogP contribution in [-0.2, 0) is 26.2 Å². The number of sulfonamides is 1. The minimum Gasteiger partial charge on any atom is -0.352 e. The summed E-state index contributed by atoms with van der Waals surface area (Å²) in [5.41, 5.74) is 1.79. The molecule has 0 saturated heterocycles. The number of aryl methyl sites for hydroxylation is 1. The molecular weight excluding hydrogens is 450 g/mol. The molecule has 2 aromatic rings. The van der Waals surface area contributed by atoms with E-state index in [1.54, 1.807) is 62.4 Å². The van der Waals surface area contributed by atoms with Crippen LogP contribution in [0.1, 0.15) is 31.9 Å². The van der Waals surface area contributed by atoms with Gasteiger partial charge in [-0.2, -0.15) is 0 Å². The van der Waals surface area contributed by atoms with Crippen molar-refractivity contribution >= 4 is 39.1 Å². The Balaban J connectivity index is 2.42. The van der Waals surface area contributed by atoms with Crippen LogP contribution in [0, 0.1) is 6.92 Å². The van der Waals surface area contributed by atoms with Crippen molar-refractivity contribution < 1.29 is 18.0 Å². The molecule has 2 rings (SSSR count). The lowest BCUT2D eigenvalue weighted by atomic mass is 10.1. The topological polar surface area (TPSA) is 86.8 Å². The fourth-order valence-corrected chi connectivity index (χ4v) is 4.34. The third kappa shape index (κ3) is 6.71. The maximum Gasteiger partial charge on any atom is 0.244 e. The predicted molar refractivity (Wildman–Crippen MR) is 128 cm³/mol. The molecule has 0 saturated carbocycles. The summed E-state index contributed by atoms with van der Waals surface area (Å²) < 4.78 is 26.2. The minimum atomic E-state index is -3.76. The highest BCUT2D eigenvalue weighted by atomic mass is 35.5. The van der Waals surface area contributed by atoms with Crippen molar-refractivity contribution in [1.82, 2.24) is 10.2 Å². The van der Waals surface area contributed by atoms with Crippen LogP contribution in [-0.4, -0.2) is 50.0 Å². The van der Waals surface area contributed by atoms with E-state index in [0.717, 1.165) is 10.6 Å². The number of benzene rings is 2. The predicted octanol–water partition coefficient (Wildman–Crippen LogP) is 3.36. The second kappa shape index (κ2) is 10.8. The normalized spacial score (nSPS) is 12.3. The minimum absolute atomic E-state index is 0.0660. The first-order valence-electron chi connectivity index (χ1n) is 10.3. The van der Waals surface area contributed by atoms with Gasteiger partial charge in [-0.05, 0) is 51.0 Å². The Morgan fingerprint density at radius 3 is 2.19 bits per heavy atom. The van der Waals surface area contributed by atoms with Crippen molar-refractivity contribution in [2.75, 3.05) is 17.1 Å². The Bertz CT molecular complexity index is 1070. The van der Waals surface area contributed by atoms with Gasteiger partial charge in [-0.15, -0.1) is 0 Å². The van der Waals surface area contributed by atoms with Crippen LogP contribution in [0.5, 0.6) is 0 Å². The number of amides is 2. The molecule has 2 aromatic carbocycles. The van der Waals surface area contributed by atoms with Crippen LogP contribution in [0.25, 0.3) is 0 Å². The van der Waals surface area contributed by atoms with E-state index in [9.17, 15) is 18.0 Å². The Hall–Kier alpha value is -2.58. The van der Waals surface area contributed by atoms with Gasteiger partial charge in [-0.25, -0.2) is 8.42 Å². The van der Waals surface area contributed by atoms with Crippen molar-refractivity contribution in [3.05, 3.63) is 64.7 Å². The first-order valence-corrected chi connectivity index (χ1v) is 12.5. The number of rotatable bonds is 9. The number of halogens is 1. The zero-order valence-electron chi connectivity index (χ0n) is 19.0. The van der Waals surface area contributed by atoms with Gasteiger partial charge in [0.05, 0.1) is 11.9 Å². The Kier molecular flexibility index (Phi) is 8.69. The van der Waals surface area contributed by atoms with E-state index < -0.39 is 28.5 Å². The van der Waals surface area contributed by atoms with Crippen molar-refractivity contribution in [3.8, 4) is 0 Å². The fraction of sp³-hybridized carbons (Fsp3) is 0.391. The molecule has 7 nitrogen and oxygen atoms in total. The molecule has 0 fully saturated rings. The molecule has 0 unspecified atom stereocenters. The van der Waals surface area contributed by atoms with Crippen LogP contribution < -0.4 is 9.62 Å². The first-order chi connectivity index (χ1) is 14.9. The molecule has 174 valence electrons. The summed E-state index contributed by atoms with van der Waals surface area (Å²) in [4.78, 5) is 27.5. The Labute approximate surface area is 195 Å². The molecule has 0 aliphatic heterocycles. The van der Waals surface area contributed by atoms with Gasteiger partial charge in [0.15, 0.2) is 0 Å². The van der Waals surface area contributed by atoms with Crippen LogP contribution in [0.4, 0.5) is 5.69 Å². The van der Waals surface area contributed by atoms with E-state index in [1.807, 2.05) is 13.8 Å². The maximum absolute atomic E-state index is 13.4. The van der Waals surface area contributed by atoms with E-state index in [0.29, 0.717) is 21.8 Å². The van der Waals surface area contributed by atoms with Gasteiger partial charge in [-0.3, -0.25) is 13.9 Å².